The average molecular weight is 325 g/mol. The van der Waals surface area contributed by atoms with Gasteiger partial charge in [0.05, 0.1) is 6.61 Å². The molecule has 0 saturated heterocycles. The first-order valence-electron chi connectivity index (χ1n) is 7.80. The molecule has 0 aliphatic heterocycles. The maximum Gasteiger partial charge on any atom is 0.348 e. The van der Waals surface area contributed by atoms with Crippen LogP contribution in [0.2, 0.25) is 0 Å². The molecule has 2 rings (SSSR count). The second kappa shape index (κ2) is 7.95. The van der Waals surface area contributed by atoms with Gasteiger partial charge < -0.3 is 4.74 Å². The number of hydrogen-bond donors (Lipinski definition) is 0. The third kappa shape index (κ3) is 4.30. The van der Waals surface area contributed by atoms with E-state index in [4.69, 9.17) is 4.74 Å². The smallest absolute Gasteiger partial charge is 0.348 e. The quantitative estimate of drug-likeness (QED) is 0.433. The fraction of sp³-hybridized carbons (Fsp3) is 0.588. The third-order valence-electron chi connectivity index (χ3n) is 3.67. The summed E-state index contributed by atoms with van der Waals surface area (Å²) in [6.07, 6.45) is 7.26. The van der Waals surface area contributed by atoms with Crippen molar-refractivity contribution < 1.29 is 9.53 Å². The second-order valence-corrected chi connectivity index (χ2v) is 7.95. The summed E-state index contributed by atoms with van der Waals surface area (Å²) < 4.78 is 6.63. The van der Waals surface area contributed by atoms with Crippen LogP contribution >= 0.6 is 22.7 Å². The van der Waals surface area contributed by atoms with Gasteiger partial charge in [-0.25, -0.2) is 4.79 Å². The van der Waals surface area contributed by atoms with Crippen LogP contribution in [0.15, 0.2) is 6.07 Å². The molecule has 0 fully saturated rings. The maximum absolute atomic E-state index is 12.1. The molecule has 0 radical (unpaired) electrons. The summed E-state index contributed by atoms with van der Waals surface area (Å²) in [5.74, 6) is -0.159. The van der Waals surface area contributed by atoms with Crippen molar-refractivity contribution in [2.45, 2.75) is 59.3 Å². The molecule has 0 aliphatic carbocycles. The second-order valence-electron chi connectivity index (χ2n) is 5.47. The van der Waals surface area contributed by atoms with Gasteiger partial charge in [-0.2, -0.15) is 0 Å². The van der Waals surface area contributed by atoms with Crippen LogP contribution in [0.5, 0.6) is 0 Å². The fourth-order valence-electron chi connectivity index (χ4n) is 2.46. The third-order valence-corrected chi connectivity index (χ3v) is 6.07. The summed E-state index contributed by atoms with van der Waals surface area (Å²) in [6.45, 7) is 6.99. The Hall–Kier alpha value is -0.870. The molecule has 2 aromatic rings. The zero-order chi connectivity index (χ0) is 15.2. The van der Waals surface area contributed by atoms with Crippen molar-refractivity contribution >= 4 is 38.7 Å². The fourth-order valence-corrected chi connectivity index (χ4v) is 4.72. The lowest BCUT2D eigenvalue weighted by Gasteiger charge is -2.03. The Bertz CT molecular complexity index is 561. The lowest BCUT2D eigenvalue weighted by molar-refractivity contribution is 0.0503. The molecule has 2 aromatic heterocycles. The topological polar surface area (TPSA) is 26.3 Å². The molecule has 0 aromatic carbocycles. The van der Waals surface area contributed by atoms with Crippen molar-refractivity contribution in [2.24, 2.45) is 0 Å². The Morgan fingerprint density at radius 3 is 2.48 bits per heavy atom. The molecule has 0 atom stereocenters. The Morgan fingerprint density at radius 1 is 1.05 bits per heavy atom. The van der Waals surface area contributed by atoms with E-state index in [9.17, 15) is 4.79 Å². The number of esters is 1. The molecule has 0 unspecified atom stereocenters. The number of rotatable bonds is 8. The van der Waals surface area contributed by atoms with Gasteiger partial charge in [-0.1, -0.05) is 39.0 Å². The SMILES string of the molecule is CCCCCCCCOC(=O)c1cc2c(C)sc(C)c2s1. The zero-order valence-electron chi connectivity index (χ0n) is 13.2. The molecule has 21 heavy (non-hydrogen) atoms. The molecule has 116 valence electrons. The van der Waals surface area contributed by atoms with Gasteiger partial charge >= 0.3 is 5.97 Å². The van der Waals surface area contributed by atoms with E-state index in [0.717, 1.165) is 17.7 Å². The van der Waals surface area contributed by atoms with Gasteiger partial charge in [-0.15, -0.1) is 22.7 Å². The van der Waals surface area contributed by atoms with Crippen LogP contribution in [-0.2, 0) is 4.74 Å². The van der Waals surface area contributed by atoms with E-state index in [2.05, 4.69) is 20.8 Å². The highest BCUT2D eigenvalue weighted by Crippen LogP contribution is 2.36. The summed E-state index contributed by atoms with van der Waals surface area (Å²) >= 11 is 3.36. The van der Waals surface area contributed by atoms with E-state index in [1.54, 1.807) is 22.7 Å². The standard InChI is InChI=1S/C17H24O2S2/c1-4-5-6-7-8-9-10-19-17(18)15-11-14-12(2)20-13(3)16(14)21-15/h11H,4-10H2,1-3H3. The van der Waals surface area contributed by atoms with Gasteiger partial charge in [0.1, 0.15) is 4.88 Å². The van der Waals surface area contributed by atoms with E-state index in [1.165, 1.54) is 45.5 Å². The Morgan fingerprint density at radius 2 is 1.76 bits per heavy atom. The predicted octanol–water partition coefficient (Wildman–Crippen LogP) is 6.10. The molecule has 2 heterocycles. The molecule has 4 heteroatoms. The highest BCUT2D eigenvalue weighted by molar-refractivity contribution is 7.25. The molecule has 0 saturated carbocycles. The van der Waals surface area contributed by atoms with Gasteiger partial charge in [0, 0.05) is 19.8 Å². The molecular formula is C17H24O2S2. The van der Waals surface area contributed by atoms with Crippen LogP contribution in [0.4, 0.5) is 0 Å². The Kier molecular flexibility index (Phi) is 6.24. The molecule has 0 bridgehead atoms. The van der Waals surface area contributed by atoms with Crippen LogP contribution in [0.1, 0.15) is 64.9 Å². The summed E-state index contributed by atoms with van der Waals surface area (Å²) in [6, 6.07) is 1.99. The van der Waals surface area contributed by atoms with Crippen molar-refractivity contribution in [1.29, 1.82) is 0 Å². The Labute approximate surface area is 135 Å². The molecule has 0 spiro atoms. The molecule has 0 N–H and O–H groups in total. The molecule has 0 aliphatic rings. The number of thiophene rings is 2. The summed E-state index contributed by atoms with van der Waals surface area (Å²) in [5, 5.41) is 1.22. The number of aryl methyl sites for hydroxylation is 2. The van der Waals surface area contributed by atoms with Crippen LogP contribution in [0.3, 0.4) is 0 Å². The minimum atomic E-state index is -0.159. The van der Waals surface area contributed by atoms with Gasteiger partial charge in [-0.05, 0) is 26.3 Å². The van der Waals surface area contributed by atoms with Crippen molar-refractivity contribution in [1.82, 2.24) is 0 Å². The summed E-state index contributed by atoms with van der Waals surface area (Å²) in [7, 11) is 0. The van der Waals surface area contributed by atoms with Gasteiger partial charge in [0.25, 0.3) is 0 Å². The Balaban J connectivity index is 1.78. The van der Waals surface area contributed by atoms with E-state index < -0.39 is 0 Å². The van der Waals surface area contributed by atoms with Crippen molar-refractivity contribution in [3.8, 4) is 0 Å². The van der Waals surface area contributed by atoms with Gasteiger partial charge in [0.15, 0.2) is 0 Å². The van der Waals surface area contributed by atoms with Crippen LogP contribution < -0.4 is 0 Å². The summed E-state index contributed by atoms with van der Waals surface area (Å²) in [4.78, 5) is 15.4. The number of hydrogen-bond acceptors (Lipinski definition) is 4. The average Bonchev–Trinajstić information content (AvgIpc) is 3.00. The zero-order valence-corrected chi connectivity index (χ0v) is 14.8. The lowest BCUT2D eigenvalue weighted by atomic mass is 10.1. The summed E-state index contributed by atoms with van der Waals surface area (Å²) in [5.41, 5.74) is 0. The minimum absolute atomic E-state index is 0.159. The lowest BCUT2D eigenvalue weighted by Crippen LogP contribution is -2.04. The monoisotopic (exact) mass is 324 g/mol. The largest absolute Gasteiger partial charge is 0.462 e. The highest BCUT2D eigenvalue weighted by atomic mass is 32.1. The number of carbonyl (C=O) groups excluding carboxylic acids is 1. The van der Waals surface area contributed by atoms with E-state index in [-0.39, 0.29) is 5.97 Å². The highest BCUT2D eigenvalue weighted by Gasteiger charge is 2.15. The van der Waals surface area contributed by atoms with E-state index >= 15 is 0 Å². The maximum atomic E-state index is 12.1. The number of carbonyl (C=O) groups is 1. The predicted molar refractivity (Wildman–Crippen MR) is 92.8 cm³/mol. The van der Waals surface area contributed by atoms with Crippen molar-refractivity contribution in [2.75, 3.05) is 6.61 Å². The molecule has 0 amide bonds. The van der Waals surface area contributed by atoms with Crippen LogP contribution in [0.25, 0.3) is 10.1 Å². The van der Waals surface area contributed by atoms with Crippen molar-refractivity contribution in [3.63, 3.8) is 0 Å². The van der Waals surface area contributed by atoms with E-state index in [1.807, 2.05) is 6.07 Å². The van der Waals surface area contributed by atoms with Crippen LogP contribution in [0, 0.1) is 13.8 Å². The minimum Gasteiger partial charge on any atom is -0.462 e. The van der Waals surface area contributed by atoms with E-state index in [0.29, 0.717) is 6.61 Å². The number of unbranched alkanes of at least 4 members (excludes halogenated alkanes) is 5. The van der Waals surface area contributed by atoms with Crippen LogP contribution in [-0.4, -0.2) is 12.6 Å². The van der Waals surface area contributed by atoms with Gasteiger partial charge in [0.2, 0.25) is 0 Å². The first-order valence-corrected chi connectivity index (χ1v) is 9.43. The normalized spacial score (nSPS) is 11.2. The van der Waals surface area contributed by atoms with Crippen molar-refractivity contribution in [3.05, 3.63) is 20.7 Å². The first-order chi connectivity index (χ1) is 10.1. The number of ether oxygens (including phenoxy) is 1. The molecule has 2 nitrogen and oxygen atoms in total. The first kappa shape index (κ1) is 16.5. The van der Waals surface area contributed by atoms with Gasteiger partial charge in [-0.3, -0.25) is 0 Å². The molecular weight excluding hydrogens is 300 g/mol. The number of fused-ring (bicyclic) bond motifs is 1.